The number of aliphatic hydroxyl groups excluding tert-OH is 1. The summed E-state index contributed by atoms with van der Waals surface area (Å²) in [5, 5.41) is 31.6. The number of benzene rings is 1. The Morgan fingerprint density at radius 3 is 2.73 bits per heavy atom. The van der Waals surface area contributed by atoms with E-state index in [0.29, 0.717) is 16.7 Å². The highest BCUT2D eigenvalue weighted by molar-refractivity contribution is 6.07. The molecular weight excluding hydrogens is 388 g/mol. The zero-order valence-electron chi connectivity index (χ0n) is 15.9. The minimum atomic E-state index is -1.24. The van der Waals surface area contributed by atoms with Crippen LogP contribution in [-0.4, -0.2) is 50.0 Å². The van der Waals surface area contributed by atoms with Gasteiger partial charge >= 0.3 is 5.97 Å². The highest BCUT2D eigenvalue weighted by Gasteiger charge is 2.56. The number of carboxylic acids is 1. The number of carboxylic acid groups (broad SMARTS) is 1. The van der Waals surface area contributed by atoms with E-state index in [2.05, 4.69) is 10.3 Å². The monoisotopic (exact) mass is 406 g/mol. The molecule has 2 aromatic rings. The van der Waals surface area contributed by atoms with Crippen LogP contribution in [0.15, 0.2) is 42.4 Å². The molecule has 9 heteroatoms. The summed E-state index contributed by atoms with van der Waals surface area (Å²) in [5.41, 5.74) is 1.62. The van der Waals surface area contributed by atoms with Gasteiger partial charge in [0.25, 0.3) is 5.91 Å². The summed E-state index contributed by atoms with van der Waals surface area (Å²) in [5.74, 6) is -2.73. The number of amides is 2. The van der Waals surface area contributed by atoms with Gasteiger partial charge in [0.2, 0.25) is 5.91 Å². The van der Waals surface area contributed by atoms with Crippen molar-refractivity contribution in [2.75, 3.05) is 5.32 Å². The third kappa shape index (κ3) is 2.94. The van der Waals surface area contributed by atoms with Gasteiger partial charge in [0.05, 0.1) is 34.9 Å². The smallest absolute Gasteiger partial charge is 0.352 e. The van der Waals surface area contributed by atoms with Gasteiger partial charge in [-0.25, -0.2) is 4.79 Å². The number of carbonyl (C=O) groups is 3. The van der Waals surface area contributed by atoms with Crippen LogP contribution in [0.5, 0.6) is 0 Å². The fourth-order valence-corrected chi connectivity index (χ4v) is 4.12. The van der Waals surface area contributed by atoms with Gasteiger partial charge in [-0.2, -0.15) is 5.26 Å². The number of aliphatic carboxylic acids is 1. The van der Waals surface area contributed by atoms with Crippen LogP contribution in [0, 0.1) is 17.2 Å². The largest absolute Gasteiger partial charge is 0.477 e. The van der Waals surface area contributed by atoms with Gasteiger partial charge in [0.1, 0.15) is 11.8 Å². The average Bonchev–Trinajstić information content (AvgIpc) is 3.34. The number of aliphatic hydroxyl groups is 1. The molecule has 1 saturated heterocycles. The van der Waals surface area contributed by atoms with Crippen LogP contribution in [0.25, 0.3) is 5.57 Å². The molecule has 0 spiro atoms. The number of carbonyl (C=O) groups excluding carboxylic acids is 2. The van der Waals surface area contributed by atoms with Crippen molar-refractivity contribution in [1.82, 2.24) is 9.88 Å². The van der Waals surface area contributed by atoms with Crippen LogP contribution in [0.4, 0.5) is 5.69 Å². The molecule has 0 unspecified atom stereocenters. The lowest BCUT2D eigenvalue weighted by molar-refractivity contribution is -0.161. The molecule has 4 rings (SSSR count). The van der Waals surface area contributed by atoms with Crippen molar-refractivity contribution in [3.05, 3.63) is 59.0 Å². The van der Waals surface area contributed by atoms with Crippen molar-refractivity contribution in [1.29, 1.82) is 5.26 Å². The number of anilines is 1. The first-order valence-corrected chi connectivity index (χ1v) is 9.29. The Morgan fingerprint density at radius 2 is 2.13 bits per heavy atom. The van der Waals surface area contributed by atoms with Crippen molar-refractivity contribution in [2.45, 2.75) is 25.5 Å². The number of fused-ring (bicyclic) bond motifs is 1. The van der Waals surface area contributed by atoms with Crippen molar-refractivity contribution < 1.29 is 24.6 Å². The van der Waals surface area contributed by atoms with E-state index in [-0.39, 0.29) is 23.4 Å². The molecule has 30 heavy (non-hydrogen) atoms. The van der Waals surface area contributed by atoms with Gasteiger partial charge in [0, 0.05) is 12.4 Å². The first-order valence-electron chi connectivity index (χ1n) is 9.29. The Labute approximate surface area is 171 Å². The number of nitrogens with zero attached hydrogens (tertiary/aromatic N) is 2. The van der Waals surface area contributed by atoms with Gasteiger partial charge in [-0.05, 0) is 42.7 Å². The summed E-state index contributed by atoms with van der Waals surface area (Å²) in [6.07, 6.45) is 2.49. The summed E-state index contributed by atoms with van der Waals surface area (Å²) in [7, 11) is 0. The zero-order chi connectivity index (χ0) is 21.6. The Kier molecular flexibility index (Phi) is 4.64. The number of hydrogen-bond donors (Lipinski definition) is 4. The van der Waals surface area contributed by atoms with Gasteiger partial charge in [0.15, 0.2) is 0 Å². The number of H-pyrrole nitrogens is 1. The van der Waals surface area contributed by atoms with Crippen molar-refractivity contribution in [3.8, 4) is 6.07 Å². The number of hydrogen-bond acceptors (Lipinski definition) is 5. The van der Waals surface area contributed by atoms with Crippen LogP contribution < -0.4 is 5.32 Å². The topological polar surface area (TPSA) is 147 Å². The van der Waals surface area contributed by atoms with Crippen molar-refractivity contribution in [2.24, 2.45) is 5.92 Å². The van der Waals surface area contributed by atoms with Gasteiger partial charge in [-0.1, -0.05) is 6.07 Å². The molecule has 152 valence electrons. The fourth-order valence-electron chi connectivity index (χ4n) is 4.12. The Bertz CT molecular complexity index is 1130. The standard InChI is InChI=1S/C21H18N4O5/c1-10(26)17-16-7-14(18(21(29)30)25(16)20(17)28)11-2-3-12(8-22)15(6-11)24-19(27)13-4-5-23-9-13/h2-6,9-10,16-17,23,26H,7H2,1H3,(H,24,27)(H,29,30)/t10-,16-,17-/m1/s1. The van der Waals surface area contributed by atoms with Gasteiger partial charge < -0.3 is 25.4 Å². The molecule has 1 fully saturated rings. The minimum absolute atomic E-state index is 0.130. The first kappa shape index (κ1) is 19.4. The summed E-state index contributed by atoms with van der Waals surface area (Å²) in [6.45, 7) is 1.51. The van der Waals surface area contributed by atoms with Crippen molar-refractivity contribution in [3.63, 3.8) is 0 Å². The second-order valence-corrected chi connectivity index (χ2v) is 7.30. The zero-order valence-corrected chi connectivity index (χ0v) is 15.9. The lowest BCUT2D eigenvalue weighted by Gasteiger charge is -2.44. The molecule has 2 aliphatic rings. The van der Waals surface area contributed by atoms with E-state index in [9.17, 15) is 29.9 Å². The van der Waals surface area contributed by atoms with Crippen LogP contribution in [0.3, 0.4) is 0 Å². The molecule has 1 aromatic heterocycles. The molecule has 0 aliphatic carbocycles. The summed E-state index contributed by atoms with van der Waals surface area (Å²) >= 11 is 0. The number of aromatic amines is 1. The van der Waals surface area contributed by atoms with E-state index < -0.39 is 35.8 Å². The third-order valence-corrected chi connectivity index (χ3v) is 5.53. The molecule has 1 aromatic carbocycles. The predicted octanol–water partition coefficient (Wildman–Crippen LogP) is 1.55. The van der Waals surface area contributed by atoms with E-state index >= 15 is 0 Å². The maximum Gasteiger partial charge on any atom is 0.352 e. The number of rotatable bonds is 5. The average molecular weight is 406 g/mol. The molecule has 2 amide bonds. The Balaban J connectivity index is 1.72. The third-order valence-electron chi connectivity index (χ3n) is 5.53. The van der Waals surface area contributed by atoms with E-state index in [1.807, 2.05) is 6.07 Å². The molecule has 2 aliphatic heterocycles. The second kappa shape index (κ2) is 7.17. The Morgan fingerprint density at radius 1 is 1.37 bits per heavy atom. The number of nitrogens with one attached hydrogen (secondary N) is 2. The molecule has 4 N–H and O–H groups in total. The van der Waals surface area contributed by atoms with E-state index in [0.717, 1.165) is 0 Å². The summed E-state index contributed by atoms with van der Waals surface area (Å²) in [6, 6.07) is 7.79. The van der Waals surface area contributed by atoms with E-state index in [4.69, 9.17) is 0 Å². The number of β-lactam (4-membered cyclic amide) rings is 1. The molecule has 9 nitrogen and oxygen atoms in total. The maximum atomic E-state index is 12.4. The van der Waals surface area contributed by atoms with Crippen LogP contribution >= 0.6 is 0 Å². The predicted molar refractivity (Wildman–Crippen MR) is 105 cm³/mol. The summed E-state index contributed by atoms with van der Waals surface area (Å²) < 4.78 is 0. The normalized spacial score (nSPS) is 21.0. The van der Waals surface area contributed by atoms with Crippen LogP contribution in [0.1, 0.15) is 34.8 Å². The quantitative estimate of drug-likeness (QED) is 0.554. The van der Waals surface area contributed by atoms with E-state index in [1.165, 1.54) is 30.2 Å². The minimum Gasteiger partial charge on any atom is -0.477 e. The highest BCUT2D eigenvalue weighted by Crippen LogP contribution is 2.47. The first-order chi connectivity index (χ1) is 14.3. The molecular formula is C21H18N4O5. The molecule has 0 bridgehead atoms. The number of nitriles is 1. The number of aromatic nitrogens is 1. The molecule has 0 saturated carbocycles. The van der Waals surface area contributed by atoms with Crippen molar-refractivity contribution >= 4 is 29.0 Å². The van der Waals surface area contributed by atoms with Gasteiger partial charge in [-0.3, -0.25) is 9.59 Å². The molecule has 3 atom stereocenters. The van der Waals surface area contributed by atoms with Crippen LogP contribution in [0.2, 0.25) is 0 Å². The second-order valence-electron chi connectivity index (χ2n) is 7.30. The lowest BCUT2D eigenvalue weighted by atomic mass is 9.82. The SMILES string of the molecule is C[C@@H](O)[C@H]1C(=O)N2C(C(=O)O)=C(c3ccc(C#N)c(NC(=O)c4cc[nH]c4)c3)C[C@H]12. The molecule has 0 radical (unpaired) electrons. The Hall–Kier alpha value is -3.90. The lowest BCUT2D eigenvalue weighted by Crippen LogP contribution is -2.61. The molecule has 3 heterocycles. The van der Waals surface area contributed by atoms with E-state index in [1.54, 1.807) is 18.3 Å². The summed E-state index contributed by atoms with van der Waals surface area (Å²) in [4.78, 5) is 40.7. The van der Waals surface area contributed by atoms with Gasteiger partial charge in [-0.15, -0.1) is 0 Å². The highest BCUT2D eigenvalue weighted by atomic mass is 16.4. The maximum absolute atomic E-state index is 12.4. The fraction of sp³-hybridized carbons (Fsp3) is 0.238. The van der Waals surface area contributed by atoms with Crippen LogP contribution in [-0.2, 0) is 9.59 Å².